The highest BCUT2D eigenvalue weighted by molar-refractivity contribution is 6.13. The van der Waals surface area contributed by atoms with Crippen LogP contribution >= 0.6 is 0 Å². The molecule has 0 aliphatic carbocycles. The van der Waals surface area contributed by atoms with Gasteiger partial charge in [0.2, 0.25) is 0 Å². The molecule has 2 aliphatic rings. The lowest BCUT2D eigenvalue weighted by molar-refractivity contribution is 0.223. The van der Waals surface area contributed by atoms with Crippen molar-refractivity contribution in [1.82, 2.24) is 4.57 Å². The molecule has 0 fully saturated rings. The first-order valence-electron chi connectivity index (χ1n) is 22.5. The van der Waals surface area contributed by atoms with Gasteiger partial charge in [0.25, 0.3) is 0 Å². The van der Waals surface area contributed by atoms with E-state index in [9.17, 15) is 0 Å². The molecule has 0 spiro atoms. The summed E-state index contributed by atoms with van der Waals surface area (Å²) in [5.74, 6) is 0.960. The number of anilines is 2. The minimum absolute atomic E-state index is 0.0134. The molecule has 2 aliphatic heterocycles. The fourth-order valence-corrected chi connectivity index (χ4v) is 10.7. The Labute approximate surface area is 378 Å². The molecule has 0 saturated carbocycles. The van der Waals surface area contributed by atoms with E-state index in [1.807, 2.05) is 0 Å². The number of rotatable bonds is 7. The second-order valence-electron chi connectivity index (χ2n) is 17.1. The summed E-state index contributed by atoms with van der Waals surface area (Å²) in [6.45, 7) is 0. The van der Waals surface area contributed by atoms with Gasteiger partial charge in [-0.2, -0.15) is 0 Å². The van der Waals surface area contributed by atoms with Crippen LogP contribution < -0.4 is 9.64 Å². The first-order valence-corrected chi connectivity index (χ1v) is 22.5. The molecular formula is C62H42N2O. The fraction of sp³-hybridized carbons (Fsp3) is 0.0323. The van der Waals surface area contributed by atoms with Gasteiger partial charge in [0.15, 0.2) is 6.10 Å². The fourth-order valence-electron chi connectivity index (χ4n) is 10.7. The van der Waals surface area contributed by atoms with Crippen molar-refractivity contribution in [3.8, 4) is 67.1 Å². The minimum atomic E-state index is -0.0910. The van der Waals surface area contributed by atoms with Gasteiger partial charge in [-0.25, -0.2) is 0 Å². The van der Waals surface area contributed by atoms with Crippen LogP contribution in [-0.2, 0) is 0 Å². The third-order valence-electron chi connectivity index (χ3n) is 13.6. The Morgan fingerprint density at radius 1 is 0.308 bits per heavy atom. The van der Waals surface area contributed by atoms with Crippen LogP contribution in [-0.4, -0.2) is 4.57 Å². The molecule has 0 bridgehead atoms. The Morgan fingerprint density at radius 3 is 1.29 bits per heavy atom. The Morgan fingerprint density at radius 2 is 0.723 bits per heavy atom. The first-order chi connectivity index (χ1) is 32.3. The Balaban J connectivity index is 1.04. The zero-order valence-electron chi connectivity index (χ0n) is 35.6. The second-order valence-corrected chi connectivity index (χ2v) is 17.1. The molecule has 10 aromatic carbocycles. The number of hydrogen-bond acceptors (Lipinski definition) is 2. The highest BCUT2D eigenvalue weighted by Crippen LogP contribution is 2.60. The zero-order valence-corrected chi connectivity index (χ0v) is 35.6. The van der Waals surface area contributed by atoms with Gasteiger partial charge in [-0.05, 0) is 93.0 Å². The van der Waals surface area contributed by atoms with Crippen molar-refractivity contribution < 1.29 is 4.74 Å². The molecule has 2 atom stereocenters. The summed E-state index contributed by atoms with van der Waals surface area (Å²) in [4.78, 5) is 2.52. The van der Waals surface area contributed by atoms with Gasteiger partial charge in [0.05, 0.1) is 16.7 Å². The number of nitrogens with zero attached hydrogens (tertiary/aromatic N) is 2. The SMILES string of the molecule is c1ccc(-c2ccccc2-c2ccc3c(c2)c2cc(-c4ccccc4-c4ccccc4)ccc2n3-c2ccccc2-c2ccccc2N2c3ccccc3C3Oc4ccccc4C32)cc1. The summed E-state index contributed by atoms with van der Waals surface area (Å²) in [5, 5.41) is 2.41. The number of benzene rings is 10. The summed E-state index contributed by atoms with van der Waals surface area (Å²) in [6.07, 6.45) is -0.0910. The lowest BCUT2D eigenvalue weighted by Gasteiger charge is -2.29. The van der Waals surface area contributed by atoms with Crippen LogP contribution in [0.4, 0.5) is 11.4 Å². The molecule has 65 heavy (non-hydrogen) atoms. The van der Waals surface area contributed by atoms with Crippen LogP contribution in [0.15, 0.2) is 243 Å². The largest absolute Gasteiger partial charge is 0.483 e. The van der Waals surface area contributed by atoms with Crippen molar-refractivity contribution >= 4 is 33.2 Å². The number of para-hydroxylation sites is 4. The standard InChI is InChI=1S/C62H42N2O/c1-3-19-41(20-4-1)45-23-7-9-25-47(45)43-35-37-58-53(39-43)54-40-44(48-26-10-8-24-46(48)42-21-5-2-6-22-42)36-38-59(54)63(58)55-31-15-11-27-49(55)50-28-12-16-32-56(50)64-57-33-17-13-29-51(57)62-61(64)52-30-14-18-34-60(52)65-62/h1-40,61-62H. The van der Waals surface area contributed by atoms with Crippen molar-refractivity contribution in [1.29, 1.82) is 0 Å². The van der Waals surface area contributed by atoms with E-state index in [0.29, 0.717) is 0 Å². The molecule has 0 saturated heterocycles. The molecule has 2 unspecified atom stereocenters. The van der Waals surface area contributed by atoms with Crippen LogP contribution in [0.5, 0.6) is 5.75 Å². The zero-order chi connectivity index (χ0) is 42.8. The predicted octanol–water partition coefficient (Wildman–Crippen LogP) is 16.4. The normalized spacial score (nSPS) is 14.9. The van der Waals surface area contributed by atoms with E-state index in [1.165, 1.54) is 77.7 Å². The molecule has 306 valence electrons. The van der Waals surface area contributed by atoms with E-state index >= 15 is 0 Å². The van der Waals surface area contributed by atoms with Gasteiger partial charge in [-0.3, -0.25) is 0 Å². The van der Waals surface area contributed by atoms with E-state index in [-0.39, 0.29) is 12.1 Å². The monoisotopic (exact) mass is 830 g/mol. The maximum Gasteiger partial charge on any atom is 0.151 e. The smallest absolute Gasteiger partial charge is 0.151 e. The van der Waals surface area contributed by atoms with Crippen molar-refractivity contribution in [2.24, 2.45) is 0 Å². The van der Waals surface area contributed by atoms with E-state index in [1.54, 1.807) is 0 Å². The third kappa shape index (κ3) is 5.97. The van der Waals surface area contributed by atoms with Crippen molar-refractivity contribution in [2.45, 2.75) is 12.1 Å². The van der Waals surface area contributed by atoms with Gasteiger partial charge in [-0.15, -0.1) is 0 Å². The second kappa shape index (κ2) is 15.1. The molecule has 13 rings (SSSR count). The maximum atomic E-state index is 6.74. The van der Waals surface area contributed by atoms with Crippen LogP contribution in [0.1, 0.15) is 23.3 Å². The number of ether oxygens (including phenoxy) is 1. The Hall–Kier alpha value is -8.40. The third-order valence-corrected chi connectivity index (χ3v) is 13.6. The molecule has 0 amide bonds. The van der Waals surface area contributed by atoms with Gasteiger partial charge < -0.3 is 14.2 Å². The molecular weight excluding hydrogens is 789 g/mol. The average molecular weight is 831 g/mol. The highest BCUT2D eigenvalue weighted by atomic mass is 16.5. The van der Waals surface area contributed by atoms with Crippen LogP contribution in [0.2, 0.25) is 0 Å². The number of aromatic nitrogens is 1. The highest BCUT2D eigenvalue weighted by Gasteiger charge is 2.47. The summed E-state index contributed by atoms with van der Waals surface area (Å²) >= 11 is 0. The maximum absolute atomic E-state index is 6.74. The molecule has 3 heteroatoms. The van der Waals surface area contributed by atoms with E-state index < -0.39 is 0 Å². The van der Waals surface area contributed by atoms with Crippen molar-refractivity contribution in [3.05, 3.63) is 254 Å². The van der Waals surface area contributed by atoms with E-state index in [4.69, 9.17) is 4.74 Å². The van der Waals surface area contributed by atoms with Gasteiger partial charge in [0.1, 0.15) is 11.8 Å². The Bertz CT molecular complexity index is 3470. The summed E-state index contributed by atoms with van der Waals surface area (Å²) in [5.41, 5.74) is 20.2. The predicted molar refractivity (Wildman–Crippen MR) is 269 cm³/mol. The summed E-state index contributed by atoms with van der Waals surface area (Å²) in [7, 11) is 0. The molecule has 0 N–H and O–H groups in total. The Kier molecular flexibility index (Phi) is 8.67. The van der Waals surface area contributed by atoms with E-state index in [2.05, 4.69) is 252 Å². The lowest BCUT2D eigenvalue weighted by Crippen LogP contribution is -2.20. The van der Waals surface area contributed by atoms with Crippen molar-refractivity contribution in [2.75, 3.05) is 4.90 Å². The minimum Gasteiger partial charge on any atom is -0.483 e. The first kappa shape index (κ1) is 37.2. The van der Waals surface area contributed by atoms with E-state index in [0.717, 1.165) is 33.7 Å². The summed E-state index contributed by atoms with van der Waals surface area (Å²) < 4.78 is 9.23. The van der Waals surface area contributed by atoms with Crippen molar-refractivity contribution in [3.63, 3.8) is 0 Å². The summed E-state index contributed by atoms with van der Waals surface area (Å²) in [6, 6.07) is 88.3. The number of hydrogen-bond donors (Lipinski definition) is 0. The molecule has 3 nitrogen and oxygen atoms in total. The molecule has 1 aromatic heterocycles. The lowest BCUT2D eigenvalue weighted by atomic mass is 9.92. The van der Waals surface area contributed by atoms with Crippen LogP contribution in [0.25, 0.3) is 83.1 Å². The topological polar surface area (TPSA) is 17.4 Å². The molecule has 3 heterocycles. The quantitative estimate of drug-likeness (QED) is 0.159. The average Bonchev–Trinajstić information content (AvgIpc) is 4.03. The molecule has 0 radical (unpaired) electrons. The van der Waals surface area contributed by atoms with Crippen LogP contribution in [0, 0.1) is 0 Å². The molecule has 11 aromatic rings. The van der Waals surface area contributed by atoms with Crippen LogP contribution in [0.3, 0.4) is 0 Å². The van der Waals surface area contributed by atoms with Gasteiger partial charge in [0, 0.05) is 44.4 Å². The number of fused-ring (bicyclic) bond motifs is 8. The van der Waals surface area contributed by atoms with Gasteiger partial charge >= 0.3 is 0 Å². The van der Waals surface area contributed by atoms with Gasteiger partial charge in [-0.1, -0.05) is 194 Å².